The molecule has 0 bridgehead atoms. The van der Waals surface area contributed by atoms with E-state index >= 15 is 0 Å². The van der Waals surface area contributed by atoms with Crippen LogP contribution in [0.5, 0.6) is 5.75 Å². The lowest BCUT2D eigenvalue weighted by Crippen LogP contribution is -2.48. The van der Waals surface area contributed by atoms with Crippen molar-refractivity contribution in [3.63, 3.8) is 0 Å². The van der Waals surface area contributed by atoms with Crippen molar-refractivity contribution in [2.45, 2.75) is 38.6 Å². The molecular weight excluding hydrogens is 338 g/mol. The molecule has 0 unspecified atom stereocenters. The van der Waals surface area contributed by atoms with Gasteiger partial charge in [0.25, 0.3) is 0 Å². The molecule has 0 saturated carbocycles. The summed E-state index contributed by atoms with van der Waals surface area (Å²) >= 11 is 6.25. The van der Waals surface area contributed by atoms with Gasteiger partial charge in [0.1, 0.15) is 5.75 Å². The Balaban J connectivity index is 1.70. The van der Waals surface area contributed by atoms with E-state index in [-0.39, 0.29) is 5.75 Å². The zero-order chi connectivity index (χ0) is 17.1. The molecule has 2 atom stereocenters. The molecule has 7 heteroatoms. The highest BCUT2D eigenvalue weighted by Gasteiger charge is 2.35. The van der Waals surface area contributed by atoms with Crippen molar-refractivity contribution in [1.82, 2.24) is 9.80 Å². The van der Waals surface area contributed by atoms with Gasteiger partial charge in [-0.2, -0.15) is 8.78 Å². The van der Waals surface area contributed by atoms with Crippen LogP contribution in [0.15, 0.2) is 18.2 Å². The van der Waals surface area contributed by atoms with Crippen LogP contribution in [0.3, 0.4) is 0 Å². The largest absolute Gasteiger partial charge is 0.434 e. The number of benzene rings is 1. The van der Waals surface area contributed by atoms with Crippen molar-refractivity contribution < 1.29 is 18.3 Å². The van der Waals surface area contributed by atoms with E-state index in [0.717, 1.165) is 39.3 Å². The standard InChI is InChI=1S/C17H23ClF2N2O2/c1-12-15(21-7-9-23-10-8-21)5-6-22(12)11-13-14(18)3-2-4-16(13)24-17(19)20/h2-4,12,15,17H,5-11H2,1H3/t12-,15-/m1/s1. The number of morpholine rings is 1. The third-order valence-corrected chi connectivity index (χ3v) is 5.37. The molecule has 2 fully saturated rings. The number of likely N-dealkylation sites (tertiary alicyclic amines) is 1. The Hall–Kier alpha value is -0.950. The van der Waals surface area contributed by atoms with Gasteiger partial charge in [-0.1, -0.05) is 17.7 Å². The van der Waals surface area contributed by atoms with Crippen LogP contribution in [-0.4, -0.2) is 61.3 Å². The van der Waals surface area contributed by atoms with Gasteiger partial charge in [-0.25, -0.2) is 0 Å². The van der Waals surface area contributed by atoms with Crippen LogP contribution < -0.4 is 4.74 Å². The summed E-state index contributed by atoms with van der Waals surface area (Å²) in [6.45, 7) is 4.24. The predicted molar refractivity (Wildman–Crippen MR) is 88.8 cm³/mol. The summed E-state index contributed by atoms with van der Waals surface area (Å²) in [6.07, 6.45) is 1.07. The first-order valence-electron chi connectivity index (χ1n) is 8.34. The van der Waals surface area contributed by atoms with Gasteiger partial charge in [-0.3, -0.25) is 9.80 Å². The van der Waals surface area contributed by atoms with Crippen molar-refractivity contribution >= 4 is 11.6 Å². The lowest BCUT2D eigenvalue weighted by molar-refractivity contribution is -0.0508. The van der Waals surface area contributed by atoms with Crippen LogP contribution in [0, 0.1) is 0 Å². The second-order valence-electron chi connectivity index (χ2n) is 6.31. The number of hydrogen-bond acceptors (Lipinski definition) is 4. The van der Waals surface area contributed by atoms with Crippen molar-refractivity contribution in [2.24, 2.45) is 0 Å². The van der Waals surface area contributed by atoms with Crippen LogP contribution >= 0.6 is 11.6 Å². The molecule has 0 aromatic heterocycles. The number of halogens is 3. The Bertz CT molecular complexity index is 555. The molecule has 3 rings (SSSR count). The summed E-state index contributed by atoms with van der Waals surface area (Å²) in [6, 6.07) is 5.70. The molecule has 1 aromatic carbocycles. The number of ether oxygens (including phenoxy) is 2. The molecule has 2 saturated heterocycles. The number of hydrogen-bond donors (Lipinski definition) is 0. The molecule has 2 aliphatic heterocycles. The average molecular weight is 361 g/mol. The Morgan fingerprint density at radius 3 is 2.75 bits per heavy atom. The summed E-state index contributed by atoms with van der Waals surface area (Å²) in [5.41, 5.74) is 0.633. The van der Waals surface area contributed by atoms with Gasteiger partial charge in [0.05, 0.1) is 13.2 Å². The first-order valence-corrected chi connectivity index (χ1v) is 8.72. The Morgan fingerprint density at radius 2 is 2.04 bits per heavy atom. The molecule has 0 N–H and O–H groups in total. The van der Waals surface area contributed by atoms with E-state index in [4.69, 9.17) is 16.3 Å². The van der Waals surface area contributed by atoms with Crippen LogP contribution in [0.4, 0.5) is 8.78 Å². The van der Waals surface area contributed by atoms with Crippen LogP contribution in [0.1, 0.15) is 18.9 Å². The molecular formula is C17H23ClF2N2O2. The maximum absolute atomic E-state index is 12.6. The van der Waals surface area contributed by atoms with Crippen LogP contribution in [-0.2, 0) is 11.3 Å². The molecule has 0 radical (unpaired) electrons. The quantitative estimate of drug-likeness (QED) is 0.805. The van der Waals surface area contributed by atoms with E-state index in [1.54, 1.807) is 18.2 Å². The highest BCUT2D eigenvalue weighted by atomic mass is 35.5. The number of nitrogens with zero attached hydrogens (tertiary/aromatic N) is 2. The second-order valence-corrected chi connectivity index (χ2v) is 6.72. The third-order valence-electron chi connectivity index (χ3n) is 5.01. The monoisotopic (exact) mass is 360 g/mol. The van der Waals surface area contributed by atoms with E-state index < -0.39 is 6.61 Å². The molecule has 24 heavy (non-hydrogen) atoms. The minimum absolute atomic E-state index is 0.166. The van der Waals surface area contributed by atoms with Crippen LogP contribution in [0.25, 0.3) is 0 Å². The Morgan fingerprint density at radius 1 is 1.29 bits per heavy atom. The molecule has 2 aliphatic rings. The Kier molecular flexibility index (Phi) is 5.92. The van der Waals surface area contributed by atoms with Crippen molar-refractivity contribution in [3.8, 4) is 5.75 Å². The topological polar surface area (TPSA) is 24.9 Å². The van der Waals surface area contributed by atoms with E-state index in [1.807, 2.05) is 0 Å². The summed E-state index contributed by atoms with van der Waals surface area (Å²) in [5, 5.41) is 0.468. The number of alkyl halides is 2. The van der Waals surface area contributed by atoms with Gasteiger partial charge in [0.2, 0.25) is 0 Å². The first-order chi connectivity index (χ1) is 11.6. The van der Waals surface area contributed by atoms with Crippen molar-refractivity contribution in [1.29, 1.82) is 0 Å². The lowest BCUT2D eigenvalue weighted by atomic mass is 10.1. The molecule has 2 heterocycles. The van der Waals surface area contributed by atoms with Gasteiger partial charge < -0.3 is 9.47 Å². The second kappa shape index (κ2) is 7.95. The maximum atomic E-state index is 12.6. The highest BCUT2D eigenvalue weighted by molar-refractivity contribution is 6.31. The van der Waals surface area contributed by atoms with E-state index in [1.165, 1.54) is 0 Å². The average Bonchev–Trinajstić information content (AvgIpc) is 2.92. The third kappa shape index (κ3) is 3.99. The fourth-order valence-corrected chi connectivity index (χ4v) is 3.93. The van der Waals surface area contributed by atoms with Crippen LogP contribution in [0.2, 0.25) is 5.02 Å². The molecule has 0 spiro atoms. The summed E-state index contributed by atoms with van der Waals surface area (Å²) in [7, 11) is 0. The highest BCUT2D eigenvalue weighted by Crippen LogP contribution is 2.32. The van der Waals surface area contributed by atoms with E-state index in [9.17, 15) is 8.78 Å². The van der Waals surface area contributed by atoms with Gasteiger partial charge in [0, 0.05) is 48.8 Å². The Labute approximate surface area is 146 Å². The zero-order valence-corrected chi connectivity index (χ0v) is 14.5. The summed E-state index contributed by atoms with van der Waals surface area (Å²) in [4.78, 5) is 4.76. The summed E-state index contributed by atoms with van der Waals surface area (Å²) < 4.78 is 35.3. The van der Waals surface area contributed by atoms with Crippen molar-refractivity contribution in [2.75, 3.05) is 32.8 Å². The summed E-state index contributed by atoms with van der Waals surface area (Å²) in [5.74, 6) is 0.166. The minimum atomic E-state index is -2.85. The molecule has 134 valence electrons. The van der Waals surface area contributed by atoms with E-state index in [2.05, 4.69) is 21.5 Å². The SMILES string of the molecule is C[C@@H]1[C@H](N2CCOCC2)CCN1Cc1c(Cl)cccc1OC(F)F. The molecule has 0 amide bonds. The van der Waals surface area contributed by atoms with Crippen molar-refractivity contribution in [3.05, 3.63) is 28.8 Å². The fourth-order valence-electron chi connectivity index (χ4n) is 3.71. The van der Waals surface area contributed by atoms with Gasteiger partial charge in [-0.15, -0.1) is 0 Å². The van der Waals surface area contributed by atoms with Gasteiger partial charge in [-0.05, 0) is 25.5 Å². The number of rotatable bonds is 5. The fraction of sp³-hybridized carbons (Fsp3) is 0.647. The first kappa shape index (κ1) is 17.9. The van der Waals surface area contributed by atoms with Gasteiger partial charge >= 0.3 is 6.61 Å². The maximum Gasteiger partial charge on any atom is 0.387 e. The molecule has 0 aliphatic carbocycles. The van der Waals surface area contributed by atoms with Gasteiger partial charge in [0.15, 0.2) is 0 Å². The zero-order valence-electron chi connectivity index (χ0n) is 13.8. The van der Waals surface area contributed by atoms with E-state index in [0.29, 0.717) is 29.2 Å². The predicted octanol–water partition coefficient (Wildman–Crippen LogP) is 3.24. The normalized spacial score (nSPS) is 26.2. The lowest BCUT2D eigenvalue weighted by Gasteiger charge is -2.36. The molecule has 4 nitrogen and oxygen atoms in total. The molecule has 1 aromatic rings. The minimum Gasteiger partial charge on any atom is -0.434 e. The smallest absolute Gasteiger partial charge is 0.387 e.